The van der Waals surface area contributed by atoms with Crippen LogP contribution in [-0.2, 0) is 17.9 Å². The van der Waals surface area contributed by atoms with Crippen molar-refractivity contribution >= 4 is 12.0 Å². The molecule has 150 valence electrons. The van der Waals surface area contributed by atoms with Gasteiger partial charge in [0.2, 0.25) is 5.91 Å². The van der Waals surface area contributed by atoms with Crippen molar-refractivity contribution in [3.05, 3.63) is 64.5 Å². The lowest BCUT2D eigenvalue weighted by Gasteiger charge is -2.17. The van der Waals surface area contributed by atoms with Gasteiger partial charge in [0.05, 0.1) is 13.1 Å². The van der Waals surface area contributed by atoms with Crippen molar-refractivity contribution in [1.29, 1.82) is 0 Å². The molecule has 0 spiro atoms. The van der Waals surface area contributed by atoms with E-state index in [1.54, 1.807) is 11.0 Å². The van der Waals surface area contributed by atoms with Crippen molar-refractivity contribution in [2.75, 3.05) is 13.1 Å². The molecule has 0 aliphatic heterocycles. The molecule has 3 rings (SSSR count). The number of rotatable bonds is 9. The number of benzene rings is 1. The van der Waals surface area contributed by atoms with Gasteiger partial charge in [0.15, 0.2) is 0 Å². The van der Waals surface area contributed by atoms with E-state index in [2.05, 4.69) is 61.8 Å². The fourth-order valence-corrected chi connectivity index (χ4v) is 3.94. The molecule has 1 amide bonds. The molecule has 1 heterocycles. The van der Waals surface area contributed by atoms with Crippen LogP contribution in [0.5, 0.6) is 0 Å². The van der Waals surface area contributed by atoms with Gasteiger partial charge in [-0.25, -0.2) is 0 Å². The summed E-state index contributed by atoms with van der Waals surface area (Å²) < 4.78 is 2.41. The summed E-state index contributed by atoms with van der Waals surface area (Å²) in [7, 11) is 0. The number of aromatic nitrogens is 1. The van der Waals surface area contributed by atoms with Crippen molar-refractivity contribution in [2.45, 2.75) is 59.7 Å². The molecule has 0 atom stereocenters. The zero-order chi connectivity index (χ0) is 20.1. The Morgan fingerprint density at radius 1 is 1.18 bits per heavy atom. The average molecular weight is 381 g/mol. The molecule has 2 aromatic rings. The predicted octanol–water partition coefficient (Wildman–Crippen LogP) is 3.19. The van der Waals surface area contributed by atoms with Gasteiger partial charge in [-0.15, -0.1) is 0 Å². The Labute approximate surface area is 169 Å². The van der Waals surface area contributed by atoms with Crippen LogP contribution >= 0.6 is 0 Å². The maximum Gasteiger partial charge on any atom is 0.244 e. The number of nitrogens with one attached hydrogen (secondary N) is 2. The van der Waals surface area contributed by atoms with E-state index in [-0.39, 0.29) is 5.91 Å². The number of carbonyl (C=O) groups excluding carboxylic acids is 1. The molecule has 28 heavy (non-hydrogen) atoms. The third-order valence-electron chi connectivity index (χ3n) is 5.86. The van der Waals surface area contributed by atoms with Crippen LogP contribution in [0.2, 0.25) is 0 Å². The number of quaternary nitrogens is 1. The fourth-order valence-electron chi connectivity index (χ4n) is 3.94. The topological polar surface area (TPSA) is 38.5 Å². The Morgan fingerprint density at radius 2 is 1.86 bits per heavy atom. The molecule has 1 fully saturated rings. The second-order valence-electron chi connectivity index (χ2n) is 7.88. The number of carbonyl (C=O) groups is 1. The van der Waals surface area contributed by atoms with Crippen LogP contribution in [0, 0.1) is 13.8 Å². The minimum absolute atomic E-state index is 0.0405. The first kappa shape index (κ1) is 20.4. The van der Waals surface area contributed by atoms with Crippen LogP contribution < -0.4 is 10.2 Å². The molecule has 1 aliphatic carbocycles. The lowest BCUT2D eigenvalue weighted by atomic mass is 10.1. The quantitative estimate of drug-likeness (QED) is 0.644. The second kappa shape index (κ2) is 9.24. The van der Waals surface area contributed by atoms with Crippen molar-refractivity contribution in [1.82, 2.24) is 9.88 Å². The van der Waals surface area contributed by atoms with Crippen LogP contribution in [0.4, 0.5) is 0 Å². The molecule has 4 heteroatoms. The predicted molar refractivity (Wildman–Crippen MR) is 115 cm³/mol. The molecule has 0 bridgehead atoms. The summed E-state index contributed by atoms with van der Waals surface area (Å²) in [5, 5.41) is 3.05. The van der Waals surface area contributed by atoms with Crippen molar-refractivity contribution in [2.24, 2.45) is 0 Å². The average Bonchev–Trinajstić information content (AvgIpc) is 3.48. The number of hydrogen-bond acceptors (Lipinski definition) is 1. The maximum atomic E-state index is 12.4. The zero-order valence-electron chi connectivity index (χ0n) is 17.7. The Morgan fingerprint density at radius 3 is 2.50 bits per heavy atom. The van der Waals surface area contributed by atoms with Crippen molar-refractivity contribution < 1.29 is 9.69 Å². The van der Waals surface area contributed by atoms with E-state index in [0.29, 0.717) is 12.6 Å². The molecule has 1 aromatic carbocycles. The molecular weight excluding hydrogens is 346 g/mol. The van der Waals surface area contributed by atoms with Gasteiger partial charge in [0, 0.05) is 35.6 Å². The maximum absolute atomic E-state index is 12.4. The van der Waals surface area contributed by atoms with Gasteiger partial charge < -0.3 is 14.8 Å². The van der Waals surface area contributed by atoms with Gasteiger partial charge in [-0.05, 0) is 63.8 Å². The summed E-state index contributed by atoms with van der Waals surface area (Å²) in [6.07, 6.45) is 6.16. The van der Waals surface area contributed by atoms with E-state index in [0.717, 1.165) is 25.2 Å². The molecule has 0 saturated heterocycles. The molecule has 0 radical (unpaired) electrons. The molecule has 1 aliphatic rings. The van der Waals surface area contributed by atoms with Crippen LogP contribution in [0.3, 0.4) is 0 Å². The summed E-state index contributed by atoms with van der Waals surface area (Å²) in [6, 6.07) is 11.3. The Balaban J connectivity index is 1.61. The zero-order valence-corrected chi connectivity index (χ0v) is 17.7. The normalized spacial score (nSPS) is 14.2. The SMILES string of the molecule is CC[NH+](CC)Cc1ccccc1CNC(=O)/C=C/c1cc(C)n(C2CC2)c1C. The molecule has 4 nitrogen and oxygen atoms in total. The van der Waals surface area contributed by atoms with Crippen LogP contribution in [0.15, 0.2) is 36.4 Å². The molecule has 2 N–H and O–H groups in total. The van der Waals surface area contributed by atoms with E-state index in [9.17, 15) is 4.79 Å². The summed E-state index contributed by atoms with van der Waals surface area (Å²) in [5.41, 5.74) is 6.21. The van der Waals surface area contributed by atoms with Crippen molar-refractivity contribution in [3.8, 4) is 0 Å². The highest BCUT2D eigenvalue weighted by atomic mass is 16.1. The van der Waals surface area contributed by atoms with E-state index >= 15 is 0 Å². The first-order chi connectivity index (χ1) is 13.5. The van der Waals surface area contributed by atoms with Gasteiger partial charge in [0.25, 0.3) is 0 Å². The van der Waals surface area contributed by atoms with Gasteiger partial charge in [0.1, 0.15) is 6.54 Å². The van der Waals surface area contributed by atoms with Gasteiger partial charge in [-0.1, -0.05) is 24.3 Å². The highest BCUT2D eigenvalue weighted by molar-refractivity contribution is 5.91. The third-order valence-corrected chi connectivity index (χ3v) is 5.86. The number of hydrogen-bond donors (Lipinski definition) is 2. The van der Waals surface area contributed by atoms with Crippen LogP contribution in [0.25, 0.3) is 6.08 Å². The smallest absolute Gasteiger partial charge is 0.244 e. The van der Waals surface area contributed by atoms with Gasteiger partial charge in [-0.3, -0.25) is 4.79 Å². The fraction of sp³-hybridized carbons (Fsp3) is 0.458. The summed E-state index contributed by atoms with van der Waals surface area (Å²) in [6.45, 7) is 12.5. The first-order valence-electron chi connectivity index (χ1n) is 10.6. The van der Waals surface area contributed by atoms with Crippen molar-refractivity contribution in [3.63, 3.8) is 0 Å². The van der Waals surface area contributed by atoms with E-state index in [1.165, 1.54) is 35.4 Å². The summed E-state index contributed by atoms with van der Waals surface area (Å²) >= 11 is 0. The van der Waals surface area contributed by atoms with E-state index in [4.69, 9.17) is 0 Å². The third kappa shape index (κ3) is 4.93. The van der Waals surface area contributed by atoms with Crippen LogP contribution in [-0.4, -0.2) is 23.6 Å². The van der Waals surface area contributed by atoms with Gasteiger partial charge in [-0.2, -0.15) is 0 Å². The van der Waals surface area contributed by atoms with Gasteiger partial charge >= 0.3 is 0 Å². The molecule has 1 aromatic heterocycles. The Hall–Kier alpha value is -2.33. The monoisotopic (exact) mass is 380 g/mol. The molecule has 1 saturated carbocycles. The summed E-state index contributed by atoms with van der Waals surface area (Å²) in [4.78, 5) is 13.9. The number of aryl methyl sites for hydroxylation is 1. The first-order valence-corrected chi connectivity index (χ1v) is 10.6. The molecule has 0 unspecified atom stereocenters. The summed E-state index contributed by atoms with van der Waals surface area (Å²) in [5.74, 6) is -0.0405. The van der Waals surface area contributed by atoms with E-state index < -0.39 is 0 Å². The Bertz CT molecular complexity index is 842. The minimum Gasteiger partial charge on any atom is -0.348 e. The lowest BCUT2D eigenvalue weighted by molar-refractivity contribution is -0.910. The molecular formula is C24H34N3O+. The standard InChI is InChI=1S/C24H33N3O/c1-5-26(6-2)17-22-10-8-7-9-21(22)16-25-24(28)14-11-20-15-18(3)27(19(20)4)23-12-13-23/h7-11,14-15,23H,5-6,12-13,16-17H2,1-4H3,(H,25,28)/p+1/b14-11+. The Kier molecular flexibility index (Phi) is 6.74. The minimum atomic E-state index is -0.0405. The highest BCUT2D eigenvalue weighted by Gasteiger charge is 2.26. The number of nitrogens with zero attached hydrogens (tertiary/aromatic N) is 1. The number of amides is 1. The lowest BCUT2D eigenvalue weighted by Crippen LogP contribution is -3.10. The highest BCUT2D eigenvalue weighted by Crippen LogP contribution is 2.38. The van der Waals surface area contributed by atoms with E-state index in [1.807, 2.05) is 12.1 Å². The van der Waals surface area contributed by atoms with Crippen LogP contribution in [0.1, 0.15) is 60.8 Å². The second-order valence-corrected chi connectivity index (χ2v) is 7.88. The largest absolute Gasteiger partial charge is 0.348 e.